The minimum atomic E-state index is -0.327. The number of nitrogens with one attached hydrogen (secondary N) is 1. The summed E-state index contributed by atoms with van der Waals surface area (Å²) in [6.45, 7) is 1.48. The molecule has 0 aliphatic rings. The van der Waals surface area contributed by atoms with Crippen molar-refractivity contribution in [3.63, 3.8) is 0 Å². The lowest BCUT2D eigenvalue weighted by Crippen LogP contribution is -2.39. The van der Waals surface area contributed by atoms with Gasteiger partial charge >= 0.3 is 5.69 Å². The van der Waals surface area contributed by atoms with Crippen molar-refractivity contribution in [1.82, 2.24) is 14.5 Å². The summed E-state index contributed by atoms with van der Waals surface area (Å²) in [6.07, 6.45) is 1.56. The Hall–Kier alpha value is -1.86. The number of ether oxygens (including phenoxy) is 1. The smallest absolute Gasteiger partial charge is 0.330 e. The molecule has 0 saturated heterocycles. The van der Waals surface area contributed by atoms with Crippen LogP contribution in [0.5, 0.6) is 5.75 Å². The second kappa shape index (κ2) is 7.42. The van der Waals surface area contributed by atoms with Gasteiger partial charge in [0.15, 0.2) is 0 Å². The third-order valence-electron chi connectivity index (χ3n) is 3.18. The predicted octanol–water partition coefficient (Wildman–Crippen LogP) is 1.02. The fourth-order valence-electron chi connectivity index (χ4n) is 2.03. The number of rotatable bonds is 6. The number of benzene rings is 1. The Balaban J connectivity index is 1.85. The fraction of sp³-hybridized carbons (Fsp3) is 0.333. The highest BCUT2D eigenvalue weighted by Crippen LogP contribution is 2.17. The Bertz CT molecular complexity index is 767. The van der Waals surface area contributed by atoms with Crippen molar-refractivity contribution in [3.8, 4) is 5.75 Å². The third kappa shape index (κ3) is 4.08. The molecule has 1 aromatic carbocycles. The van der Waals surface area contributed by atoms with Crippen molar-refractivity contribution in [1.29, 1.82) is 0 Å². The molecular weight excluding hydrogens is 350 g/mol. The Morgan fingerprint density at radius 1 is 1.27 bits per heavy atom. The zero-order valence-electron chi connectivity index (χ0n) is 12.5. The molecule has 0 saturated carbocycles. The highest BCUT2D eigenvalue weighted by Gasteiger charge is 2.06. The van der Waals surface area contributed by atoms with Crippen molar-refractivity contribution in [3.05, 3.63) is 61.3 Å². The summed E-state index contributed by atoms with van der Waals surface area (Å²) in [6, 6.07) is 7.61. The minimum absolute atomic E-state index is 0.275. The molecule has 0 spiro atoms. The van der Waals surface area contributed by atoms with Crippen LogP contribution < -0.4 is 21.3 Å². The first kappa shape index (κ1) is 16.5. The third-order valence-corrected chi connectivity index (χ3v) is 3.67. The van der Waals surface area contributed by atoms with E-state index in [1.165, 1.54) is 11.6 Å². The Labute approximate surface area is 136 Å². The van der Waals surface area contributed by atoms with Crippen LogP contribution in [0.2, 0.25) is 0 Å². The average molecular weight is 368 g/mol. The van der Waals surface area contributed by atoms with Gasteiger partial charge in [-0.25, -0.2) is 4.79 Å². The lowest BCUT2D eigenvalue weighted by atomic mass is 10.3. The van der Waals surface area contributed by atoms with E-state index in [9.17, 15) is 9.59 Å². The molecule has 118 valence electrons. The zero-order valence-corrected chi connectivity index (χ0v) is 14.1. The van der Waals surface area contributed by atoms with Gasteiger partial charge in [-0.1, -0.05) is 22.0 Å². The molecule has 22 heavy (non-hydrogen) atoms. The van der Waals surface area contributed by atoms with Crippen molar-refractivity contribution < 1.29 is 4.74 Å². The normalized spacial score (nSPS) is 10.7. The van der Waals surface area contributed by atoms with Gasteiger partial charge < -0.3 is 14.6 Å². The van der Waals surface area contributed by atoms with Crippen molar-refractivity contribution in [2.45, 2.75) is 6.54 Å². The molecule has 0 unspecified atom stereocenters. The molecule has 2 aromatic rings. The first-order chi connectivity index (χ1) is 10.5. The number of hydrogen-bond donors (Lipinski definition) is 1. The van der Waals surface area contributed by atoms with Crippen LogP contribution in [0.3, 0.4) is 0 Å². The number of aromatic nitrogens is 2. The molecule has 1 heterocycles. The van der Waals surface area contributed by atoms with E-state index in [1.807, 2.05) is 24.3 Å². The molecule has 7 heteroatoms. The van der Waals surface area contributed by atoms with Crippen LogP contribution in [0.25, 0.3) is 0 Å². The van der Waals surface area contributed by atoms with Gasteiger partial charge in [-0.15, -0.1) is 0 Å². The summed E-state index contributed by atoms with van der Waals surface area (Å²) in [7, 11) is 3.10. The van der Waals surface area contributed by atoms with Crippen LogP contribution in [0.1, 0.15) is 5.56 Å². The standard InChI is InChI=1S/C15H18BrN3O3/c1-18-10-11(14(20)19(2)15(18)21)9-17-6-7-22-13-5-3-4-12(16)8-13/h3-5,8,10,17H,6-7,9H2,1-2H3. The molecule has 0 aliphatic carbocycles. The SMILES string of the molecule is Cn1cc(CNCCOc2cccc(Br)c2)c(=O)n(C)c1=O. The molecule has 2 rings (SSSR count). The summed E-state index contributed by atoms with van der Waals surface area (Å²) in [4.78, 5) is 23.5. The van der Waals surface area contributed by atoms with Crippen LogP contribution in [0.15, 0.2) is 44.5 Å². The quantitative estimate of drug-likeness (QED) is 0.774. The molecule has 0 amide bonds. The Morgan fingerprint density at radius 2 is 2.05 bits per heavy atom. The average Bonchev–Trinajstić information content (AvgIpc) is 2.50. The minimum Gasteiger partial charge on any atom is -0.492 e. The van der Waals surface area contributed by atoms with Gasteiger partial charge in [-0.3, -0.25) is 9.36 Å². The van der Waals surface area contributed by atoms with Crippen LogP contribution in [-0.4, -0.2) is 22.3 Å². The van der Waals surface area contributed by atoms with E-state index in [0.717, 1.165) is 14.8 Å². The summed E-state index contributed by atoms with van der Waals surface area (Å²) >= 11 is 3.38. The Morgan fingerprint density at radius 3 is 2.77 bits per heavy atom. The number of nitrogens with zero attached hydrogens (tertiary/aromatic N) is 2. The molecule has 1 aromatic heterocycles. The summed E-state index contributed by atoms with van der Waals surface area (Å²) in [5, 5.41) is 3.14. The van der Waals surface area contributed by atoms with Gasteiger partial charge in [-0.2, -0.15) is 0 Å². The lowest BCUT2D eigenvalue weighted by Gasteiger charge is -2.09. The summed E-state index contributed by atoms with van der Waals surface area (Å²) in [5.41, 5.74) is -0.0534. The maximum absolute atomic E-state index is 11.9. The fourth-order valence-corrected chi connectivity index (χ4v) is 2.40. The Kier molecular flexibility index (Phi) is 5.57. The van der Waals surface area contributed by atoms with Crippen molar-refractivity contribution in [2.24, 2.45) is 14.1 Å². The van der Waals surface area contributed by atoms with E-state index in [-0.39, 0.29) is 11.2 Å². The number of halogens is 1. The first-order valence-corrected chi connectivity index (χ1v) is 7.63. The molecule has 6 nitrogen and oxygen atoms in total. The zero-order chi connectivity index (χ0) is 16.1. The monoisotopic (exact) mass is 367 g/mol. The van der Waals surface area contributed by atoms with Gasteiger partial charge in [-0.05, 0) is 18.2 Å². The molecule has 0 fully saturated rings. The summed E-state index contributed by atoms with van der Waals surface area (Å²) < 4.78 is 9.06. The number of aryl methyl sites for hydroxylation is 1. The van der Waals surface area contributed by atoms with E-state index in [4.69, 9.17) is 4.74 Å². The van der Waals surface area contributed by atoms with Crippen LogP contribution in [0.4, 0.5) is 0 Å². The van der Waals surface area contributed by atoms with Crippen molar-refractivity contribution in [2.75, 3.05) is 13.2 Å². The second-order valence-corrected chi connectivity index (χ2v) is 5.81. The van der Waals surface area contributed by atoms with Gasteiger partial charge in [0.05, 0.1) is 0 Å². The van der Waals surface area contributed by atoms with Gasteiger partial charge in [0, 0.05) is 43.4 Å². The highest BCUT2D eigenvalue weighted by atomic mass is 79.9. The van der Waals surface area contributed by atoms with Crippen LogP contribution in [-0.2, 0) is 20.6 Å². The maximum Gasteiger partial charge on any atom is 0.330 e. The van der Waals surface area contributed by atoms with Crippen LogP contribution in [0, 0.1) is 0 Å². The summed E-state index contributed by atoms with van der Waals surface area (Å²) in [5.74, 6) is 0.786. The molecule has 0 bridgehead atoms. The van der Waals surface area contributed by atoms with E-state index in [0.29, 0.717) is 25.3 Å². The van der Waals surface area contributed by atoms with E-state index in [1.54, 1.807) is 13.2 Å². The highest BCUT2D eigenvalue weighted by molar-refractivity contribution is 9.10. The largest absolute Gasteiger partial charge is 0.492 e. The molecule has 0 aliphatic heterocycles. The van der Waals surface area contributed by atoms with E-state index >= 15 is 0 Å². The van der Waals surface area contributed by atoms with Crippen LogP contribution >= 0.6 is 15.9 Å². The maximum atomic E-state index is 11.9. The van der Waals surface area contributed by atoms with Gasteiger partial charge in [0.1, 0.15) is 12.4 Å². The lowest BCUT2D eigenvalue weighted by molar-refractivity contribution is 0.313. The van der Waals surface area contributed by atoms with E-state index in [2.05, 4.69) is 21.2 Å². The predicted molar refractivity (Wildman–Crippen MR) is 88.3 cm³/mol. The topological polar surface area (TPSA) is 65.3 Å². The molecule has 0 radical (unpaired) electrons. The first-order valence-electron chi connectivity index (χ1n) is 6.83. The molecule has 1 N–H and O–H groups in total. The van der Waals surface area contributed by atoms with Gasteiger partial charge in [0.2, 0.25) is 0 Å². The van der Waals surface area contributed by atoms with Gasteiger partial charge in [0.25, 0.3) is 5.56 Å². The molecular formula is C15H18BrN3O3. The van der Waals surface area contributed by atoms with E-state index < -0.39 is 0 Å². The second-order valence-electron chi connectivity index (χ2n) is 4.89. The molecule has 0 atom stereocenters. The number of hydrogen-bond acceptors (Lipinski definition) is 4. The van der Waals surface area contributed by atoms with Crippen molar-refractivity contribution >= 4 is 15.9 Å².